The van der Waals surface area contributed by atoms with Crippen molar-refractivity contribution >= 4 is 0 Å². The molecule has 1 aromatic rings. The standard InChI is InChI=1S/C10H16N2O/c1-13-10-5-3-2-4-8(10)6-9(12)7-11/h2-5,9H,6-7,11-12H2,1H3. The van der Waals surface area contributed by atoms with Gasteiger partial charge < -0.3 is 16.2 Å². The van der Waals surface area contributed by atoms with E-state index in [1.807, 2.05) is 24.3 Å². The third-order valence-electron chi connectivity index (χ3n) is 1.98. The second-order valence-corrected chi connectivity index (χ2v) is 3.01. The van der Waals surface area contributed by atoms with Crippen LogP contribution in [0.5, 0.6) is 5.75 Å². The van der Waals surface area contributed by atoms with Gasteiger partial charge in [0.25, 0.3) is 0 Å². The molecule has 72 valence electrons. The molecule has 0 aliphatic heterocycles. The average molecular weight is 180 g/mol. The van der Waals surface area contributed by atoms with Gasteiger partial charge in [-0.1, -0.05) is 18.2 Å². The second kappa shape index (κ2) is 4.84. The van der Waals surface area contributed by atoms with E-state index < -0.39 is 0 Å². The van der Waals surface area contributed by atoms with Gasteiger partial charge in [0.2, 0.25) is 0 Å². The van der Waals surface area contributed by atoms with Crippen LogP contribution in [0.2, 0.25) is 0 Å². The van der Waals surface area contributed by atoms with Gasteiger partial charge in [0.1, 0.15) is 5.75 Å². The van der Waals surface area contributed by atoms with Crippen molar-refractivity contribution in [2.45, 2.75) is 12.5 Å². The fraction of sp³-hybridized carbons (Fsp3) is 0.400. The van der Waals surface area contributed by atoms with Crippen LogP contribution in [0.4, 0.5) is 0 Å². The molecule has 13 heavy (non-hydrogen) atoms. The molecule has 0 bridgehead atoms. The maximum absolute atomic E-state index is 5.75. The number of rotatable bonds is 4. The molecule has 0 aliphatic rings. The number of nitrogens with two attached hydrogens (primary N) is 2. The molecule has 0 spiro atoms. The normalized spacial score (nSPS) is 12.5. The molecule has 3 heteroatoms. The monoisotopic (exact) mass is 180 g/mol. The maximum Gasteiger partial charge on any atom is 0.122 e. The first-order valence-corrected chi connectivity index (χ1v) is 4.35. The minimum absolute atomic E-state index is 0.0105. The molecule has 0 saturated heterocycles. The molecule has 0 amide bonds. The molecule has 1 rings (SSSR count). The van der Waals surface area contributed by atoms with Gasteiger partial charge in [0.15, 0.2) is 0 Å². The van der Waals surface area contributed by atoms with Gasteiger partial charge in [-0.05, 0) is 18.1 Å². The lowest BCUT2D eigenvalue weighted by Crippen LogP contribution is -2.31. The van der Waals surface area contributed by atoms with Gasteiger partial charge in [-0.15, -0.1) is 0 Å². The van der Waals surface area contributed by atoms with Crippen molar-refractivity contribution in [2.75, 3.05) is 13.7 Å². The largest absolute Gasteiger partial charge is 0.496 e. The quantitative estimate of drug-likeness (QED) is 0.710. The van der Waals surface area contributed by atoms with Crippen LogP contribution >= 0.6 is 0 Å². The van der Waals surface area contributed by atoms with Gasteiger partial charge >= 0.3 is 0 Å². The fourth-order valence-electron chi connectivity index (χ4n) is 1.24. The SMILES string of the molecule is COc1ccccc1CC(N)CN. The summed E-state index contributed by atoms with van der Waals surface area (Å²) < 4.78 is 5.19. The number of ether oxygens (including phenoxy) is 1. The highest BCUT2D eigenvalue weighted by Crippen LogP contribution is 2.18. The van der Waals surface area contributed by atoms with Crippen molar-refractivity contribution in [3.63, 3.8) is 0 Å². The van der Waals surface area contributed by atoms with Crippen molar-refractivity contribution in [3.8, 4) is 5.75 Å². The molecule has 4 N–H and O–H groups in total. The lowest BCUT2D eigenvalue weighted by Gasteiger charge is -2.11. The number of hydrogen-bond donors (Lipinski definition) is 2. The van der Waals surface area contributed by atoms with Gasteiger partial charge in [0, 0.05) is 12.6 Å². The molecule has 0 aromatic heterocycles. The van der Waals surface area contributed by atoms with E-state index in [1.165, 1.54) is 0 Å². The Hall–Kier alpha value is -1.06. The van der Waals surface area contributed by atoms with Gasteiger partial charge in [0.05, 0.1) is 7.11 Å². The Labute approximate surface area is 78.7 Å². The molecule has 0 aliphatic carbocycles. The summed E-state index contributed by atoms with van der Waals surface area (Å²) in [6.07, 6.45) is 0.764. The summed E-state index contributed by atoms with van der Waals surface area (Å²) in [4.78, 5) is 0. The zero-order valence-electron chi connectivity index (χ0n) is 7.86. The summed E-state index contributed by atoms with van der Waals surface area (Å²) in [5, 5.41) is 0. The van der Waals surface area contributed by atoms with Crippen LogP contribution in [0.1, 0.15) is 5.56 Å². The van der Waals surface area contributed by atoms with Crippen LogP contribution in [0, 0.1) is 0 Å². The molecule has 0 fully saturated rings. The first-order valence-electron chi connectivity index (χ1n) is 4.35. The topological polar surface area (TPSA) is 61.3 Å². The van der Waals surface area contributed by atoms with Gasteiger partial charge in [-0.3, -0.25) is 0 Å². The molecule has 1 aromatic carbocycles. The van der Waals surface area contributed by atoms with E-state index in [1.54, 1.807) is 7.11 Å². The third-order valence-corrected chi connectivity index (χ3v) is 1.98. The Morgan fingerprint density at radius 2 is 2.08 bits per heavy atom. The number of methoxy groups -OCH3 is 1. The Morgan fingerprint density at radius 3 is 2.69 bits per heavy atom. The fourth-order valence-corrected chi connectivity index (χ4v) is 1.24. The Morgan fingerprint density at radius 1 is 1.38 bits per heavy atom. The van der Waals surface area contributed by atoms with Crippen LogP contribution in [-0.2, 0) is 6.42 Å². The van der Waals surface area contributed by atoms with E-state index in [9.17, 15) is 0 Å². The van der Waals surface area contributed by atoms with Crippen LogP contribution < -0.4 is 16.2 Å². The average Bonchev–Trinajstić information content (AvgIpc) is 2.18. The van der Waals surface area contributed by atoms with Crippen LogP contribution in [0.3, 0.4) is 0 Å². The van der Waals surface area contributed by atoms with Crippen LogP contribution in [-0.4, -0.2) is 19.7 Å². The van der Waals surface area contributed by atoms with E-state index in [0.717, 1.165) is 17.7 Å². The van der Waals surface area contributed by atoms with Gasteiger partial charge in [-0.25, -0.2) is 0 Å². The molecule has 1 atom stereocenters. The van der Waals surface area contributed by atoms with Crippen LogP contribution in [0.15, 0.2) is 24.3 Å². The van der Waals surface area contributed by atoms with Crippen molar-refractivity contribution in [2.24, 2.45) is 11.5 Å². The zero-order valence-corrected chi connectivity index (χ0v) is 7.86. The minimum Gasteiger partial charge on any atom is -0.496 e. The number of benzene rings is 1. The van der Waals surface area contributed by atoms with Crippen molar-refractivity contribution < 1.29 is 4.74 Å². The highest BCUT2D eigenvalue weighted by atomic mass is 16.5. The first kappa shape index (κ1) is 10.0. The minimum atomic E-state index is 0.0105. The summed E-state index contributed by atoms with van der Waals surface area (Å²) in [6.45, 7) is 0.498. The molecule has 1 unspecified atom stereocenters. The summed E-state index contributed by atoms with van der Waals surface area (Å²) in [5.41, 5.74) is 12.3. The van der Waals surface area contributed by atoms with Crippen molar-refractivity contribution in [3.05, 3.63) is 29.8 Å². The number of hydrogen-bond acceptors (Lipinski definition) is 3. The third kappa shape index (κ3) is 2.72. The Bertz CT molecular complexity index is 263. The summed E-state index contributed by atoms with van der Waals surface area (Å²) >= 11 is 0. The van der Waals surface area contributed by atoms with E-state index in [4.69, 9.17) is 16.2 Å². The van der Waals surface area contributed by atoms with Crippen molar-refractivity contribution in [1.29, 1.82) is 0 Å². The second-order valence-electron chi connectivity index (χ2n) is 3.01. The smallest absolute Gasteiger partial charge is 0.122 e. The number of para-hydroxylation sites is 1. The molecular weight excluding hydrogens is 164 g/mol. The molecule has 0 radical (unpaired) electrons. The predicted octanol–water partition coefficient (Wildman–Crippen LogP) is 0.524. The van der Waals surface area contributed by atoms with Crippen molar-refractivity contribution in [1.82, 2.24) is 0 Å². The first-order chi connectivity index (χ1) is 6.27. The van der Waals surface area contributed by atoms with E-state index in [2.05, 4.69) is 0 Å². The maximum atomic E-state index is 5.75. The summed E-state index contributed by atoms with van der Waals surface area (Å²) in [7, 11) is 1.66. The Kier molecular flexibility index (Phi) is 3.73. The Balaban J connectivity index is 2.74. The van der Waals surface area contributed by atoms with Gasteiger partial charge in [-0.2, -0.15) is 0 Å². The molecule has 0 heterocycles. The highest BCUT2D eigenvalue weighted by molar-refractivity contribution is 5.33. The summed E-state index contributed by atoms with van der Waals surface area (Å²) in [5.74, 6) is 0.881. The van der Waals surface area contributed by atoms with Crippen LogP contribution in [0.25, 0.3) is 0 Å². The summed E-state index contributed by atoms with van der Waals surface area (Å²) in [6, 6.07) is 7.86. The lowest BCUT2D eigenvalue weighted by atomic mass is 10.1. The zero-order chi connectivity index (χ0) is 9.68. The van der Waals surface area contributed by atoms with E-state index >= 15 is 0 Å². The molecule has 3 nitrogen and oxygen atoms in total. The van der Waals surface area contributed by atoms with E-state index in [0.29, 0.717) is 6.54 Å². The molecule has 0 saturated carbocycles. The highest BCUT2D eigenvalue weighted by Gasteiger charge is 2.05. The predicted molar refractivity (Wildman–Crippen MR) is 53.7 cm³/mol. The lowest BCUT2D eigenvalue weighted by molar-refractivity contribution is 0.408. The van der Waals surface area contributed by atoms with E-state index in [-0.39, 0.29) is 6.04 Å². The molecular formula is C10H16N2O.